The van der Waals surface area contributed by atoms with Crippen molar-refractivity contribution in [3.8, 4) is 11.1 Å². The standard InChI is InChI=1S/C30H24N4/c1-20-10-11-22-15-24(20)14-21-12-13-23(16-33-18-31-26-6-2-4-8-28(26)33)30(22)25(21)17-34-19-32-27-7-3-5-9-29(27)34/h2-13,15,18-19H,14,16-17H2,1H3/p+2. The molecule has 0 fully saturated rings. The molecule has 1 aliphatic carbocycles. The molecule has 0 amide bonds. The van der Waals surface area contributed by atoms with Gasteiger partial charge in [-0.15, -0.1) is 0 Å². The molecule has 0 spiro atoms. The Bertz CT molecular complexity index is 1700. The molecule has 2 aromatic heterocycles. The van der Waals surface area contributed by atoms with Crippen LogP contribution in [0.4, 0.5) is 0 Å². The van der Waals surface area contributed by atoms with Crippen molar-refractivity contribution in [2.75, 3.05) is 0 Å². The third kappa shape index (κ3) is 2.99. The van der Waals surface area contributed by atoms with E-state index in [1.807, 2.05) is 0 Å². The topological polar surface area (TPSA) is 39.3 Å². The molecule has 34 heavy (non-hydrogen) atoms. The molecule has 7 rings (SSSR count). The maximum Gasteiger partial charge on any atom is 0.242 e. The van der Waals surface area contributed by atoms with E-state index in [2.05, 4.69) is 118 Å². The van der Waals surface area contributed by atoms with Crippen molar-refractivity contribution in [1.82, 2.24) is 9.97 Å². The highest BCUT2D eigenvalue weighted by Gasteiger charge is 2.24. The highest BCUT2D eigenvalue weighted by atomic mass is 15.0. The SMILES string of the molecule is Cc1ccc2cc1Cc1ccc(C[n+]3c[nH]c4ccccc43)c-2c1C[n+]1c[nH]c2ccccc21. The number of hydrogen-bond acceptors (Lipinski definition) is 0. The van der Waals surface area contributed by atoms with Crippen LogP contribution in [0.2, 0.25) is 0 Å². The quantitative estimate of drug-likeness (QED) is 0.352. The summed E-state index contributed by atoms with van der Waals surface area (Å²) in [6.45, 7) is 3.90. The van der Waals surface area contributed by atoms with Gasteiger partial charge in [0.05, 0.1) is 0 Å². The number of aryl methyl sites for hydroxylation is 1. The summed E-state index contributed by atoms with van der Waals surface area (Å²) in [6.07, 6.45) is 5.18. The van der Waals surface area contributed by atoms with Gasteiger partial charge in [0.25, 0.3) is 0 Å². The lowest BCUT2D eigenvalue weighted by molar-refractivity contribution is -0.663. The molecule has 164 valence electrons. The minimum Gasteiger partial charge on any atom is -0.243 e. The second kappa shape index (κ2) is 7.42. The van der Waals surface area contributed by atoms with E-state index in [9.17, 15) is 0 Å². The zero-order valence-electron chi connectivity index (χ0n) is 19.2. The van der Waals surface area contributed by atoms with Gasteiger partial charge in [-0.2, -0.15) is 0 Å². The molecule has 0 saturated heterocycles. The summed E-state index contributed by atoms with van der Waals surface area (Å²) in [5.41, 5.74) is 14.5. The number of hydrogen-bond donors (Lipinski definition) is 2. The van der Waals surface area contributed by atoms with Gasteiger partial charge in [-0.25, -0.2) is 19.1 Å². The number of aromatic amines is 2. The van der Waals surface area contributed by atoms with Gasteiger partial charge in [0.1, 0.15) is 13.1 Å². The van der Waals surface area contributed by atoms with Crippen molar-refractivity contribution in [3.63, 3.8) is 0 Å². The molecule has 4 aromatic carbocycles. The van der Waals surface area contributed by atoms with Crippen molar-refractivity contribution < 1.29 is 9.13 Å². The van der Waals surface area contributed by atoms with Gasteiger partial charge in [-0.3, -0.25) is 0 Å². The van der Waals surface area contributed by atoms with Crippen LogP contribution in [-0.4, -0.2) is 9.97 Å². The van der Waals surface area contributed by atoms with Crippen LogP contribution in [0.1, 0.15) is 27.8 Å². The molecule has 4 heteroatoms. The monoisotopic (exact) mass is 442 g/mol. The Hall–Kier alpha value is -4.18. The molecule has 1 aliphatic rings. The third-order valence-corrected chi connectivity index (χ3v) is 7.36. The van der Waals surface area contributed by atoms with Gasteiger partial charge in [0.2, 0.25) is 12.7 Å². The summed E-state index contributed by atoms with van der Waals surface area (Å²) in [7, 11) is 0. The Morgan fingerprint density at radius 3 is 2.12 bits per heavy atom. The zero-order valence-corrected chi connectivity index (χ0v) is 19.2. The summed E-state index contributed by atoms with van der Waals surface area (Å²) in [6, 6.07) is 28.7. The molecule has 4 nitrogen and oxygen atoms in total. The largest absolute Gasteiger partial charge is 0.243 e. The minimum atomic E-state index is 0.828. The summed E-state index contributed by atoms with van der Waals surface area (Å²) >= 11 is 0. The maximum atomic E-state index is 3.44. The first-order valence-corrected chi connectivity index (χ1v) is 11.9. The van der Waals surface area contributed by atoms with Crippen LogP contribution in [0.15, 0.2) is 91.5 Å². The smallest absolute Gasteiger partial charge is 0.242 e. The van der Waals surface area contributed by atoms with Gasteiger partial charge < -0.3 is 0 Å². The van der Waals surface area contributed by atoms with E-state index in [0.29, 0.717) is 0 Å². The van der Waals surface area contributed by atoms with E-state index < -0.39 is 0 Å². The Kier molecular flexibility index (Phi) is 4.21. The first kappa shape index (κ1) is 19.3. The Morgan fingerprint density at radius 2 is 1.38 bits per heavy atom. The van der Waals surface area contributed by atoms with E-state index >= 15 is 0 Å². The van der Waals surface area contributed by atoms with Crippen molar-refractivity contribution in [2.24, 2.45) is 0 Å². The Balaban J connectivity index is 1.42. The number of H-pyrrole nitrogens is 2. The van der Waals surface area contributed by atoms with Crippen molar-refractivity contribution >= 4 is 22.1 Å². The number of imidazole rings is 2. The molecule has 2 heterocycles. The van der Waals surface area contributed by atoms with Gasteiger partial charge >= 0.3 is 0 Å². The lowest BCUT2D eigenvalue weighted by Crippen LogP contribution is -2.35. The van der Waals surface area contributed by atoms with Gasteiger partial charge in [0.15, 0.2) is 22.1 Å². The molecule has 0 radical (unpaired) electrons. The van der Waals surface area contributed by atoms with E-state index in [-0.39, 0.29) is 0 Å². The number of fused-ring (bicyclic) bond motifs is 7. The lowest BCUT2D eigenvalue weighted by Gasteiger charge is -2.15. The van der Waals surface area contributed by atoms with E-state index in [4.69, 9.17) is 0 Å². The average Bonchev–Trinajstić information content (AvgIpc) is 3.44. The Labute approximate surface area is 198 Å². The third-order valence-electron chi connectivity index (χ3n) is 7.36. The highest BCUT2D eigenvalue weighted by Crippen LogP contribution is 2.36. The molecule has 4 bridgehead atoms. The molecule has 0 unspecified atom stereocenters. The number of aromatic nitrogens is 4. The van der Waals surface area contributed by atoms with E-state index in [0.717, 1.165) is 25.0 Å². The van der Waals surface area contributed by atoms with Crippen LogP contribution in [-0.2, 0) is 19.5 Å². The number of nitrogens with one attached hydrogen (secondary N) is 2. The average molecular weight is 443 g/mol. The van der Waals surface area contributed by atoms with Gasteiger partial charge in [0, 0.05) is 11.1 Å². The maximum absolute atomic E-state index is 3.44. The number of rotatable bonds is 4. The van der Waals surface area contributed by atoms with Gasteiger partial charge in [-0.1, -0.05) is 54.6 Å². The second-order valence-corrected chi connectivity index (χ2v) is 9.39. The Morgan fingerprint density at radius 1 is 0.706 bits per heavy atom. The first-order valence-electron chi connectivity index (χ1n) is 11.9. The summed E-state index contributed by atoms with van der Waals surface area (Å²) < 4.78 is 4.67. The summed E-state index contributed by atoms with van der Waals surface area (Å²) in [5.74, 6) is 0. The van der Waals surface area contributed by atoms with Crippen LogP contribution in [0, 0.1) is 6.92 Å². The van der Waals surface area contributed by atoms with Crippen molar-refractivity contribution in [2.45, 2.75) is 26.4 Å². The molecular weight excluding hydrogens is 416 g/mol. The van der Waals surface area contributed by atoms with Crippen LogP contribution < -0.4 is 9.13 Å². The minimum absolute atomic E-state index is 0.828. The van der Waals surface area contributed by atoms with E-state index in [1.54, 1.807) is 0 Å². The van der Waals surface area contributed by atoms with Crippen LogP contribution in [0.5, 0.6) is 0 Å². The molecule has 0 aliphatic heterocycles. The fourth-order valence-corrected chi connectivity index (χ4v) is 5.54. The molecule has 2 N–H and O–H groups in total. The summed E-state index contributed by atoms with van der Waals surface area (Å²) in [5, 5.41) is 0. The zero-order chi connectivity index (χ0) is 22.6. The fourth-order valence-electron chi connectivity index (χ4n) is 5.54. The van der Waals surface area contributed by atoms with E-state index in [1.165, 1.54) is 55.5 Å². The summed E-state index contributed by atoms with van der Waals surface area (Å²) in [4.78, 5) is 6.86. The normalized spacial score (nSPS) is 12.4. The van der Waals surface area contributed by atoms with Crippen molar-refractivity contribution in [3.05, 3.63) is 119 Å². The van der Waals surface area contributed by atoms with Crippen LogP contribution in [0.3, 0.4) is 0 Å². The molecule has 0 saturated carbocycles. The lowest BCUT2D eigenvalue weighted by atomic mass is 9.92. The van der Waals surface area contributed by atoms with Crippen molar-refractivity contribution in [1.29, 1.82) is 0 Å². The highest BCUT2D eigenvalue weighted by molar-refractivity contribution is 5.76. The predicted octanol–water partition coefficient (Wildman–Crippen LogP) is 5.20. The number of para-hydroxylation sites is 4. The molecular formula is C30H26N4+2. The van der Waals surface area contributed by atoms with Crippen LogP contribution >= 0.6 is 0 Å². The number of nitrogens with zero attached hydrogens (tertiary/aromatic N) is 2. The second-order valence-electron chi connectivity index (χ2n) is 9.39. The molecule has 6 aromatic rings. The number of benzene rings is 4. The fraction of sp³-hybridized carbons (Fsp3) is 0.133. The van der Waals surface area contributed by atoms with Gasteiger partial charge in [-0.05, 0) is 65.4 Å². The van der Waals surface area contributed by atoms with Crippen LogP contribution in [0.25, 0.3) is 33.2 Å². The predicted molar refractivity (Wildman–Crippen MR) is 135 cm³/mol. The molecule has 0 atom stereocenters. The first-order chi connectivity index (χ1) is 16.7.